The van der Waals surface area contributed by atoms with Crippen molar-refractivity contribution >= 4 is 11.7 Å². The molecular weight excluding hydrogens is 410 g/mol. The molecule has 1 saturated carbocycles. The molecule has 32 heavy (non-hydrogen) atoms. The van der Waals surface area contributed by atoms with Gasteiger partial charge in [-0.15, -0.1) is 0 Å². The molecule has 1 N–H and O–H groups in total. The molecule has 0 amide bonds. The fraction of sp³-hybridized carbons (Fsp3) is 0.640. The summed E-state index contributed by atoms with van der Waals surface area (Å²) in [5, 5.41) is 3.11. The van der Waals surface area contributed by atoms with E-state index in [1.165, 1.54) is 5.57 Å². The normalized spacial score (nSPS) is 35.2. The molecule has 1 aliphatic carbocycles. The van der Waals surface area contributed by atoms with E-state index in [2.05, 4.69) is 32.2 Å². The van der Waals surface area contributed by atoms with Crippen LogP contribution in [0.4, 0.5) is 5.69 Å². The van der Waals surface area contributed by atoms with Crippen LogP contribution in [0.3, 0.4) is 0 Å². The number of hydrogen-bond donors (Lipinski definition) is 1. The highest BCUT2D eigenvalue weighted by atomic mass is 16.6. The van der Waals surface area contributed by atoms with Crippen molar-refractivity contribution < 1.29 is 28.5 Å². The highest BCUT2D eigenvalue weighted by Crippen LogP contribution is 2.59. The van der Waals surface area contributed by atoms with E-state index in [1.807, 2.05) is 24.3 Å². The Labute approximate surface area is 190 Å². The van der Waals surface area contributed by atoms with Gasteiger partial charge in [-0.1, -0.05) is 11.6 Å². The fourth-order valence-electron chi connectivity index (χ4n) is 5.16. The number of allylic oxidation sites excluding steroid dienone is 1. The Morgan fingerprint density at radius 3 is 2.56 bits per heavy atom. The number of carbonyl (C=O) groups is 1. The summed E-state index contributed by atoms with van der Waals surface area (Å²) in [6.45, 7) is 7.14. The number of carbonyl (C=O) groups excluding carboxylic acids is 1. The van der Waals surface area contributed by atoms with Gasteiger partial charge in [0.05, 0.1) is 25.7 Å². The molecule has 0 radical (unpaired) electrons. The minimum atomic E-state index is -0.338. The van der Waals surface area contributed by atoms with E-state index in [0.717, 1.165) is 30.7 Å². The molecule has 2 saturated heterocycles. The summed E-state index contributed by atoms with van der Waals surface area (Å²) in [4.78, 5) is 12.6. The van der Waals surface area contributed by atoms with Crippen molar-refractivity contribution in [2.24, 2.45) is 5.92 Å². The molecular formula is C25H35NO6. The predicted molar refractivity (Wildman–Crippen MR) is 121 cm³/mol. The van der Waals surface area contributed by atoms with Gasteiger partial charge >= 0.3 is 5.97 Å². The number of rotatable bonds is 9. The van der Waals surface area contributed by atoms with Crippen LogP contribution in [0.15, 0.2) is 35.9 Å². The third-order valence-electron chi connectivity index (χ3n) is 7.05. The standard InChI is InChI=1S/C25H35NO6/c1-16(2)6-11-20-24(3,32-20)23-22(29-5)19(12-13-25(23)15-30-25)31-21(27)14-26-17-7-9-18(28-4)10-8-17/h6-10,19-20,22-23,26H,11-15H2,1-5H3. The van der Waals surface area contributed by atoms with Crippen molar-refractivity contribution in [3.05, 3.63) is 35.9 Å². The zero-order chi connectivity index (χ0) is 22.9. The zero-order valence-corrected chi connectivity index (χ0v) is 19.7. The van der Waals surface area contributed by atoms with Crippen LogP contribution in [0.1, 0.15) is 40.0 Å². The van der Waals surface area contributed by atoms with E-state index in [0.29, 0.717) is 6.61 Å². The molecule has 176 valence electrons. The minimum absolute atomic E-state index is 0.0247. The molecule has 6 atom stereocenters. The first-order chi connectivity index (χ1) is 15.3. The largest absolute Gasteiger partial charge is 0.497 e. The minimum Gasteiger partial charge on any atom is -0.497 e. The van der Waals surface area contributed by atoms with Gasteiger partial charge in [-0.05, 0) is 64.3 Å². The Balaban J connectivity index is 1.39. The maximum atomic E-state index is 12.6. The number of methoxy groups -OCH3 is 2. The number of epoxide rings is 2. The summed E-state index contributed by atoms with van der Waals surface area (Å²) in [7, 11) is 3.31. The molecule has 6 unspecified atom stereocenters. The number of hydrogen-bond acceptors (Lipinski definition) is 7. The van der Waals surface area contributed by atoms with Gasteiger partial charge in [0.25, 0.3) is 0 Å². The Kier molecular flexibility index (Phi) is 6.52. The lowest BCUT2D eigenvalue weighted by Gasteiger charge is -2.42. The summed E-state index contributed by atoms with van der Waals surface area (Å²) in [6.07, 6.45) is 4.19. The molecule has 4 rings (SSSR count). The molecule has 1 spiro atoms. The fourth-order valence-corrected chi connectivity index (χ4v) is 5.16. The lowest BCUT2D eigenvalue weighted by molar-refractivity contribution is -0.170. The molecule has 7 nitrogen and oxygen atoms in total. The number of benzene rings is 1. The first-order valence-electron chi connectivity index (χ1n) is 11.4. The SMILES string of the molecule is COc1ccc(NCC(=O)OC2CCC3(CO3)C(C3(C)OC3CC=C(C)C)C2OC)cc1. The number of esters is 1. The molecule has 0 bridgehead atoms. The molecule has 1 aromatic rings. The number of nitrogens with one attached hydrogen (secondary N) is 1. The highest BCUT2D eigenvalue weighted by molar-refractivity contribution is 5.75. The maximum Gasteiger partial charge on any atom is 0.325 e. The third kappa shape index (κ3) is 4.65. The van der Waals surface area contributed by atoms with Crippen LogP contribution in [-0.4, -0.2) is 62.9 Å². The van der Waals surface area contributed by atoms with Crippen LogP contribution < -0.4 is 10.1 Å². The van der Waals surface area contributed by atoms with Gasteiger partial charge in [-0.3, -0.25) is 4.79 Å². The second-order valence-corrected chi connectivity index (χ2v) is 9.49. The highest BCUT2D eigenvalue weighted by Gasteiger charge is 2.72. The maximum absolute atomic E-state index is 12.6. The van der Waals surface area contributed by atoms with Crippen LogP contribution in [-0.2, 0) is 23.7 Å². The molecule has 2 aliphatic heterocycles. The van der Waals surface area contributed by atoms with Gasteiger partial charge in [-0.2, -0.15) is 0 Å². The third-order valence-corrected chi connectivity index (χ3v) is 7.05. The first kappa shape index (κ1) is 23.1. The van der Waals surface area contributed by atoms with Gasteiger partial charge in [0, 0.05) is 12.8 Å². The van der Waals surface area contributed by atoms with E-state index in [9.17, 15) is 4.79 Å². The number of ether oxygens (including phenoxy) is 5. The number of anilines is 1. The van der Waals surface area contributed by atoms with Gasteiger partial charge in [0.1, 0.15) is 35.7 Å². The Morgan fingerprint density at radius 1 is 1.25 bits per heavy atom. The summed E-state index contributed by atoms with van der Waals surface area (Å²) < 4.78 is 29.2. The summed E-state index contributed by atoms with van der Waals surface area (Å²) >= 11 is 0. The van der Waals surface area contributed by atoms with E-state index in [4.69, 9.17) is 23.7 Å². The lowest BCUT2D eigenvalue weighted by Crippen LogP contribution is -2.55. The quantitative estimate of drug-likeness (QED) is 0.352. The van der Waals surface area contributed by atoms with E-state index in [-0.39, 0.29) is 47.9 Å². The van der Waals surface area contributed by atoms with Crippen LogP contribution in [0.25, 0.3) is 0 Å². The molecule has 1 aromatic carbocycles. The molecule has 0 aromatic heterocycles. The van der Waals surface area contributed by atoms with E-state index < -0.39 is 0 Å². The monoisotopic (exact) mass is 445 g/mol. The smallest absolute Gasteiger partial charge is 0.325 e. The van der Waals surface area contributed by atoms with Gasteiger partial charge in [-0.25, -0.2) is 0 Å². The van der Waals surface area contributed by atoms with E-state index in [1.54, 1.807) is 14.2 Å². The Morgan fingerprint density at radius 2 is 1.97 bits per heavy atom. The lowest BCUT2D eigenvalue weighted by atomic mass is 9.68. The second-order valence-electron chi connectivity index (χ2n) is 9.49. The van der Waals surface area contributed by atoms with Gasteiger partial charge < -0.3 is 29.0 Å². The topological polar surface area (TPSA) is 81.9 Å². The average molecular weight is 446 g/mol. The summed E-state index contributed by atoms with van der Waals surface area (Å²) in [5.41, 5.74) is 1.55. The molecule has 2 heterocycles. The van der Waals surface area contributed by atoms with Crippen molar-refractivity contribution in [2.75, 3.05) is 32.7 Å². The van der Waals surface area contributed by atoms with Crippen LogP contribution in [0.2, 0.25) is 0 Å². The van der Waals surface area contributed by atoms with Crippen molar-refractivity contribution in [3.8, 4) is 5.75 Å². The van der Waals surface area contributed by atoms with Crippen molar-refractivity contribution in [1.29, 1.82) is 0 Å². The Bertz CT molecular complexity index is 844. The molecule has 3 fully saturated rings. The summed E-state index contributed by atoms with van der Waals surface area (Å²) in [6, 6.07) is 7.42. The van der Waals surface area contributed by atoms with Crippen LogP contribution in [0.5, 0.6) is 5.75 Å². The first-order valence-corrected chi connectivity index (χ1v) is 11.4. The van der Waals surface area contributed by atoms with E-state index >= 15 is 0 Å². The second kappa shape index (κ2) is 9.04. The van der Waals surface area contributed by atoms with Gasteiger partial charge in [0.2, 0.25) is 0 Å². The predicted octanol–water partition coefficient (Wildman–Crippen LogP) is 3.73. The van der Waals surface area contributed by atoms with Crippen LogP contribution in [0, 0.1) is 5.92 Å². The van der Waals surface area contributed by atoms with Gasteiger partial charge in [0.15, 0.2) is 0 Å². The van der Waals surface area contributed by atoms with Crippen LogP contribution >= 0.6 is 0 Å². The van der Waals surface area contributed by atoms with Crippen molar-refractivity contribution in [3.63, 3.8) is 0 Å². The molecule has 3 aliphatic rings. The molecule has 7 heteroatoms. The summed E-state index contributed by atoms with van der Waals surface area (Å²) in [5.74, 6) is 0.489. The Hall–Kier alpha value is -2.09. The van der Waals surface area contributed by atoms with Crippen molar-refractivity contribution in [1.82, 2.24) is 0 Å². The van der Waals surface area contributed by atoms with Crippen molar-refractivity contribution in [2.45, 2.75) is 69.5 Å². The average Bonchev–Trinajstić information content (AvgIpc) is 3.69. The zero-order valence-electron chi connectivity index (χ0n) is 19.7.